The molecule has 1 atom stereocenters. The summed E-state index contributed by atoms with van der Waals surface area (Å²) in [6.45, 7) is 5.68. The summed E-state index contributed by atoms with van der Waals surface area (Å²) in [5.41, 5.74) is 4.70. The second kappa shape index (κ2) is 12.7. The third kappa shape index (κ3) is 13.7. The number of carboxylic acid groups (broad SMARTS) is 1. The molecule has 0 unspecified atom stereocenters. The number of nitrogens with one attached hydrogen (secondary N) is 1. The van der Waals surface area contributed by atoms with Crippen LogP contribution in [0.3, 0.4) is 0 Å². The largest absolute Gasteiger partial charge is 0.481 e. The van der Waals surface area contributed by atoms with Gasteiger partial charge in [0.05, 0.1) is 12.8 Å². The average Bonchev–Trinajstić information content (AvgIpc) is 2.48. The molecule has 0 aliphatic heterocycles. The van der Waals surface area contributed by atoms with E-state index in [0.717, 1.165) is 24.6 Å². The summed E-state index contributed by atoms with van der Waals surface area (Å²) in [4.78, 5) is 46.8. The number of carbonyl (C=O) groups is 4. The molecule has 0 aromatic carbocycles. The topological polar surface area (TPSA) is 136 Å². The fourth-order valence-corrected chi connectivity index (χ4v) is 2.78. The highest BCUT2D eigenvalue weighted by molar-refractivity contribution is 8.13. The molecule has 26 heavy (non-hydrogen) atoms. The number of hydrogen-bond donors (Lipinski definition) is 3. The predicted octanol–water partition coefficient (Wildman–Crippen LogP) is 1.46. The van der Waals surface area contributed by atoms with Gasteiger partial charge in [-0.3, -0.25) is 19.2 Å². The zero-order valence-electron chi connectivity index (χ0n) is 15.7. The molecule has 0 radical (unpaired) electrons. The molecule has 0 saturated heterocycles. The van der Waals surface area contributed by atoms with Crippen molar-refractivity contribution in [3.8, 4) is 0 Å². The van der Waals surface area contributed by atoms with Crippen LogP contribution >= 0.6 is 11.8 Å². The van der Waals surface area contributed by atoms with E-state index in [-0.39, 0.29) is 30.9 Å². The van der Waals surface area contributed by atoms with E-state index in [2.05, 4.69) is 5.32 Å². The maximum atomic E-state index is 12.3. The van der Waals surface area contributed by atoms with Gasteiger partial charge in [-0.25, -0.2) is 0 Å². The number of thioether (sulfide) groups is 1. The minimum Gasteiger partial charge on any atom is -0.481 e. The molecule has 0 fully saturated rings. The van der Waals surface area contributed by atoms with Gasteiger partial charge in [0.15, 0.2) is 0 Å². The Labute approximate surface area is 158 Å². The van der Waals surface area contributed by atoms with Crippen LogP contribution in [0.4, 0.5) is 0 Å². The first-order chi connectivity index (χ1) is 12.0. The number of hydrogen-bond acceptors (Lipinski definition) is 7. The monoisotopic (exact) mass is 390 g/mol. The summed E-state index contributed by atoms with van der Waals surface area (Å²) < 4.78 is 5.20. The lowest BCUT2D eigenvalue weighted by molar-refractivity contribution is -0.156. The lowest BCUT2D eigenvalue weighted by atomic mass is 10.1. The van der Waals surface area contributed by atoms with Crippen molar-refractivity contribution in [2.24, 2.45) is 5.73 Å². The minimum atomic E-state index is -1.04. The number of aliphatic carboxylic acids is 1. The average molecular weight is 391 g/mol. The normalized spacial score (nSPS) is 12.3. The third-order valence-electron chi connectivity index (χ3n) is 3.08. The predicted molar refractivity (Wildman–Crippen MR) is 99.6 cm³/mol. The van der Waals surface area contributed by atoms with E-state index in [1.54, 1.807) is 20.8 Å². The van der Waals surface area contributed by atoms with Crippen LogP contribution < -0.4 is 11.1 Å². The van der Waals surface area contributed by atoms with Crippen LogP contribution in [0.2, 0.25) is 0 Å². The van der Waals surface area contributed by atoms with Gasteiger partial charge >= 0.3 is 11.9 Å². The van der Waals surface area contributed by atoms with Gasteiger partial charge in [-0.15, -0.1) is 0 Å². The number of amides is 1. The van der Waals surface area contributed by atoms with E-state index in [1.807, 2.05) is 0 Å². The van der Waals surface area contributed by atoms with Crippen LogP contribution in [-0.4, -0.2) is 52.0 Å². The summed E-state index contributed by atoms with van der Waals surface area (Å²) >= 11 is 0.788. The van der Waals surface area contributed by atoms with Gasteiger partial charge in [-0.05, 0) is 40.2 Å². The summed E-state index contributed by atoms with van der Waals surface area (Å²) in [5, 5.41) is 10.8. The fraction of sp³-hybridized carbons (Fsp3) is 0.765. The summed E-state index contributed by atoms with van der Waals surface area (Å²) in [6, 6.07) is -1.04. The van der Waals surface area contributed by atoms with E-state index >= 15 is 0 Å². The first-order valence-electron chi connectivity index (χ1n) is 8.65. The van der Waals surface area contributed by atoms with Gasteiger partial charge in [0.25, 0.3) is 0 Å². The Morgan fingerprint density at radius 1 is 1.12 bits per heavy atom. The molecule has 4 N–H and O–H groups in total. The highest BCUT2D eigenvalue weighted by atomic mass is 32.2. The molecule has 0 bridgehead atoms. The summed E-state index contributed by atoms with van der Waals surface area (Å²) in [5.74, 6) is -1.87. The number of ether oxygens (including phenoxy) is 1. The number of rotatable bonds is 12. The van der Waals surface area contributed by atoms with Crippen LogP contribution in [0.25, 0.3) is 0 Å². The van der Waals surface area contributed by atoms with Crippen LogP contribution in [0.5, 0.6) is 0 Å². The fourth-order valence-electron chi connectivity index (χ4n) is 1.96. The molecular weight excluding hydrogens is 360 g/mol. The molecule has 0 aromatic heterocycles. The van der Waals surface area contributed by atoms with Crippen LogP contribution in [0, 0.1) is 0 Å². The molecule has 150 valence electrons. The lowest BCUT2D eigenvalue weighted by Crippen LogP contribution is -2.42. The summed E-state index contributed by atoms with van der Waals surface area (Å²) in [7, 11) is 0. The van der Waals surface area contributed by atoms with Crippen molar-refractivity contribution >= 4 is 34.7 Å². The number of esters is 1. The molecule has 0 spiro atoms. The molecule has 0 aliphatic rings. The van der Waals surface area contributed by atoms with Crippen molar-refractivity contribution in [2.45, 2.75) is 70.9 Å². The van der Waals surface area contributed by atoms with Gasteiger partial charge in [-0.2, -0.15) is 0 Å². The van der Waals surface area contributed by atoms with E-state index in [9.17, 15) is 19.2 Å². The zero-order valence-corrected chi connectivity index (χ0v) is 16.5. The Morgan fingerprint density at radius 3 is 2.31 bits per heavy atom. The lowest BCUT2D eigenvalue weighted by Gasteiger charge is -2.22. The van der Waals surface area contributed by atoms with Crippen molar-refractivity contribution in [3.63, 3.8) is 0 Å². The van der Waals surface area contributed by atoms with Crippen LogP contribution in [0.1, 0.15) is 59.3 Å². The Kier molecular flexibility index (Phi) is 11.9. The molecule has 0 aliphatic carbocycles. The molecule has 0 aromatic rings. The molecule has 9 heteroatoms. The molecule has 0 rings (SSSR count). The maximum Gasteiger partial charge on any atom is 0.308 e. The molecule has 0 saturated carbocycles. The van der Waals surface area contributed by atoms with Crippen LogP contribution in [-0.2, 0) is 23.9 Å². The number of carboxylic acids is 1. The first-order valence-corrected chi connectivity index (χ1v) is 9.63. The highest BCUT2D eigenvalue weighted by Gasteiger charge is 2.27. The first kappa shape index (κ1) is 24.4. The van der Waals surface area contributed by atoms with Crippen molar-refractivity contribution in [1.29, 1.82) is 0 Å². The Hall–Kier alpha value is -1.61. The van der Waals surface area contributed by atoms with Crippen molar-refractivity contribution in [2.75, 3.05) is 12.3 Å². The van der Waals surface area contributed by atoms with E-state index in [1.165, 1.54) is 0 Å². The maximum absolute atomic E-state index is 12.3. The van der Waals surface area contributed by atoms with E-state index < -0.39 is 28.7 Å². The van der Waals surface area contributed by atoms with Gasteiger partial charge in [0.2, 0.25) is 11.0 Å². The Morgan fingerprint density at radius 2 is 1.77 bits per heavy atom. The van der Waals surface area contributed by atoms with Gasteiger partial charge in [-0.1, -0.05) is 18.2 Å². The van der Waals surface area contributed by atoms with Gasteiger partial charge < -0.3 is 20.9 Å². The zero-order chi connectivity index (χ0) is 20.2. The standard InChI is InChI=1S/C17H30N2O6S/c1-17(2,3)25-15(23)11-12(16(24)26-10-8-14(21)22)19-13(20)7-5-4-6-9-18/h12H,4-11,18H2,1-3H3,(H,19,20)(H,21,22)/t12-/m0/s1. The minimum absolute atomic E-state index is 0.0748. The highest BCUT2D eigenvalue weighted by Crippen LogP contribution is 2.14. The summed E-state index contributed by atoms with van der Waals surface area (Å²) in [6.07, 6.45) is 2.04. The van der Waals surface area contributed by atoms with Gasteiger partial charge in [0.1, 0.15) is 11.6 Å². The number of nitrogens with two attached hydrogens (primary N) is 1. The molecular formula is C17H30N2O6S. The van der Waals surface area contributed by atoms with E-state index in [4.69, 9.17) is 15.6 Å². The van der Waals surface area contributed by atoms with Crippen molar-refractivity contribution < 1.29 is 29.0 Å². The molecule has 1 amide bonds. The smallest absolute Gasteiger partial charge is 0.308 e. The quantitative estimate of drug-likeness (QED) is 0.336. The number of unbranched alkanes of at least 4 members (excludes halogenated alkanes) is 2. The number of carbonyl (C=O) groups excluding carboxylic acids is 3. The molecule has 8 nitrogen and oxygen atoms in total. The Balaban J connectivity index is 4.70. The third-order valence-corrected chi connectivity index (χ3v) is 4.06. The Bertz CT molecular complexity index is 490. The van der Waals surface area contributed by atoms with Crippen molar-refractivity contribution in [3.05, 3.63) is 0 Å². The SMILES string of the molecule is CC(C)(C)OC(=O)C[C@H](NC(=O)CCCCCN)C(=O)SCCC(=O)O. The van der Waals surface area contributed by atoms with E-state index in [0.29, 0.717) is 13.0 Å². The van der Waals surface area contributed by atoms with Crippen LogP contribution in [0.15, 0.2) is 0 Å². The van der Waals surface area contributed by atoms with Crippen molar-refractivity contribution in [1.82, 2.24) is 5.32 Å². The second-order valence-corrected chi connectivity index (χ2v) is 7.92. The second-order valence-electron chi connectivity index (χ2n) is 6.82. The van der Waals surface area contributed by atoms with Gasteiger partial charge in [0, 0.05) is 12.2 Å². The molecule has 0 heterocycles.